The molecule has 460 valence electrons. The highest BCUT2D eigenvalue weighted by molar-refractivity contribution is 7.81. The van der Waals surface area contributed by atoms with Crippen LogP contribution >= 0.6 is 22.7 Å². The number of nitrogen functional groups attached to an aromatic ring is 2. The van der Waals surface area contributed by atoms with Crippen LogP contribution in [0.3, 0.4) is 0 Å². The number of nitrogens with two attached hydrogens (primary N) is 2. The van der Waals surface area contributed by atoms with Gasteiger partial charge in [0, 0.05) is 60.9 Å². The molecule has 10 heterocycles. The summed E-state index contributed by atoms with van der Waals surface area (Å²) < 4.78 is 55.9. The van der Waals surface area contributed by atoms with Gasteiger partial charge in [0.25, 0.3) is 35.8 Å². The number of aromatic nitrogens is 8. The van der Waals surface area contributed by atoms with E-state index in [0.717, 1.165) is 61.9 Å². The molecule has 4 aliphatic rings. The molecule has 4 fully saturated rings. The van der Waals surface area contributed by atoms with Crippen molar-refractivity contribution in [2.45, 2.75) is 76.2 Å². The molecule has 4 aliphatic heterocycles. The molecular weight excluding hydrogens is 1200 g/mol. The minimum atomic E-state index is -5.36. The number of β-lactam (4-membered cyclic amide) rings is 2. The highest BCUT2D eigenvalue weighted by Gasteiger charge is 2.61. The highest BCUT2D eigenvalue weighted by atomic mass is 32.3. The van der Waals surface area contributed by atoms with Gasteiger partial charge in [-0.1, -0.05) is 10.3 Å². The molecule has 4 amide bonds. The molecular formula is C50H58N18O16S3+2. The van der Waals surface area contributed by atoms with E-state index in [-0.39, 0.29) is 33.1 Å². The first kappa shape index (κ1) is 60.8. The van der Waals surface area contributed by atoms with Crippen LogP contribution in [0.5, 0.6) is 11.5 Å². The third kappa shape index (κ3) is 13.7. The van der Waals surface area contributed by atoms with Crippen LogP contribution in [0.4, 0.5) is 10.3 Å². The standard InChI is InChI=1S/C50H56N18O16S3/c1-49(2)39(59-41(69)37(31-23-85-47(51)57-31)61-81-33(45(73)74)21-79-29-5-7-35(55-17-29)65-11-9-63(25-65)19-27-13-53-14-27)43(71)67(49)83-87(77,78)84-68-44(72)40(50(68,3)4)60-42(70)38(32-24-86-48(52)58-32)62-82-34(46(75)76)22-80-30-6-8-36(56-18-30)66-12-10-64(26-66)20-28-15-54-16-28/h5-12,17-18,23-28,33-34,39-40,53-54H,13-16,19-22H2,1-4H3,(H6-2,51,52,57,58,59,60,69,70,73,74,75,76)/p+2/b61-37-,62-38-/t33-,34-,39+,40+/m0/s1. The number of hydroxylamine groups is 4. The minimum absolute atomic E-state index is 0.0130. The van der Waals surface area contributed by atoms with Crippen LogP contribution in [0.1, 0.15) is 39.1 Å². The molecule has 10 N–H and O–H groups in total. The van der Waals surface area contributed by atoms with E-state index in [1.807, 2.05) is 55.7 Å². The van der Waals surface area contributed by atoms with Gasteiger partial charge >= 0.3 is 22.3 Å². The quantitative estimate of drug-likeness (QED) is 0.0111. The average Bonchev–Trinajstić information content (AvgIpc) is 1.66. The highest BCUT2D eigenvalue weighted by Crippen LogP contribution is 2.37. The predicted octanol–water partition coefficient (Wildman–Crippen LogP) is -2.33. The summed E-state index contributed by atoms with van der Waals surface area (Å²) in [5.74, 6) is -4.95. The smallest absolute Gasteiger partial charge is 0.442 e. The number of hydrogen-bond donors (Lipinski definition) is 8. The molecule has 0 spiro atoms. The number of nitrogens with zero attached hydrogens (tertiary/aromatic N) is 12. The Morgan fingerprint density at radius 3 is 1.41 bits per heavy atom. The van der Waals surface area contributed by atoms with E-state index in [2.05, 4.69) is 51.5 Å². The van der Waals surface area contributed by atoms with Crippen LogP contribution in [0.25, 0.3) is 11.6 Å². The molecule has 6 aromatic heterocycles. The topological polar surface area (TPSA) is 433 Å². The molecule has 0 unspecified atom stereocenters. The lowest BCUT2D eigenvalue weighted by molar-refractivity contribution is -0.703. The van der Waals surface area contributed by atoms with Crippen molar-refractivity contribution in [1.82, 2.24) is 60.5 Å². The number of carbonyl (C=O) groups excluding carboxylic acids is 4. The fourth-order valence-corrected chi connectivity index (χ4v) is 11.0. The van der Waals surface area contributed by atoms with E-state index < -0.39 is 106 Å². The zero-order chi connectivity index (χ0) is 62.0. The van der Waals surface area contributed by atoms with Gasteiger partial charge in [0.15, 0.2) is 21.7 Å². The van der Waals surface area contributed by atoms with Crippen molar-refractivity contribution in [3.05, 3.63) is 96.2 Å². The third-order valence-corrected chi connectivity index (χ3v) is 16.1. The predicted molar refractivity (Wildman–Crippen MR) is 299 cm³/mol. The van der Waals surface area contributed by atoms with Gasteiger partial charge in [-0.3, -0.25) is 19.2 Å². The average molecular weight is 1260 g/mol. The summed E-state index contributed by atoms with van der Waals surface area (Å²) in [6.07, 6.45) is 10.5. The monoisotopic (exact) mass is 1260 g/mol. The SMILES string of the molecule is CC1(C)[C@H](NC(=O)/C(=N\O[C@@H](COc2ccc(-n3cc[n+](CC4CNC4)c3)nc2)C(=O)O)c2csc(N)n2)C(=O)N1OS(=O)(=O)ON1C(=O)[C@@H](NC(=O)/C(=N\O[C@@H](COc2ccc(-n3cc[n+](CC4CNC4)c3)nc2)C(=O)O)c2csc(N)n2)C1(C)C. The van der Waals surface area contributed by atoms with E-state index in [0.29, 0.717) is 33.6 Å². The van der Waals surface area contributed by atoms with E-state index in [1.54, 1.807) is 24.3 Å². The Kier molecular flexibility index (Phi) is 17.5. The van der Waals surface area contributed by atoms with Gasteiger partial charge in [0.05, 0.1) is 36.6 Å². The summed E-state index contributed by atoms with van der Waals surface area (Å²) in [7, 11) is -5.36. The van der Waals surface area contributed by atoms with Gasteiger partial charge in [-0.2, -0.15) is 27.7 Å². The van der Waals surface area contributed by atoms with E-state index >= 15 is 0 Å². The largest absolute Gasteiger partial charge is 0.487 e. The fourth-order valence-electron chi connectivity index (χ4n) is 8.97. The lowest BCUT2D eigenvalue weighted by atomic mass is 9.84. The molecule has 87 heavy (non-hydrogen) atoms. The molecule has 10 rings (SSSR count). The second kappa shape index (κ2) is 25.0. The summed E-state index contributed by atoms with van der Waals surface area (Å²) in [5, 5.41) is 42.2. The van der Waals surface area contributed by atoms with Gasteiger partial charge in [-0.15, -0.1) is 31.2 Å². The number of thiazole rings is 2. The number of ether oxygens (including phenoxy) is 2. The fraction of sp³-hybridized carbons (Fsp3) is 0.400. The molecule has 0 radical (unpaired) electrons. The maximum atomic E-state index is 13.9. The normalized spacial score (nSPS) is 19.2. The maximum Gasteiger partial charge on any atom is 0.442 e. The number of pyridine rings is 2. The van der Waals surface area contributed by atoms with Crippen molar-refractivity contribution in [1.29, 1.82) is 0 Å². The van der Waals surface area contributed by atoms with Gasteiger partial charge in [0.1, 0.15) is 73.0 Å². The first-order valence-corrected chi connectivity index (χ1v) is 29.6. The Labute approximate surface area is 501 Å². The van der Waals surface area contributed by atoms with Crippen molar-refractivity contribution < 1.29 is 84.2 Å². The van der Waals surface area contributed by atoms with Crippen LogP contribution < -0.4 is 51.3 Å². The van der Waals surface area contributed by atoms with Crippen LogP contribution in [0, 0.1) is 11.8 Å². The molecule has 6 aromatic rings. The first-order valence-electron chi connectivity index (χ1n) is 26.5. The Bertz CT molecular complexity index is 3510. The minimum Gasteiger partial charge on any atom is -0.487 e. The maximum absolute atomic E-state index is 13.9. The van der Waals surface area contributed by atoms with Crippen LogP contribution in [0.15, 0.2) is 95.2 Å². The van der Waals surface area contributed by atoms with Crippen molar-refractivity contribution in [3.63, 3.8) is 0 Å². The molecule has 34 nitrogen and oxygen atoms in total. The van der Waals surface area contributed by atoms with E-state index in [9.17, 15) is 47.4 Å². The molecule has 0 bridgehead atoms. The van der Waals surface area contributed by atoms with Gasteiger partial charge in [-0.05, 0) is 39.8 Å². The second-order valence-corrected chi connectivity index (χ2v) is 24.1. The van der Waals surface area contributed by atoms with Gasteiger partial charge in [0.2, 0.25) is 24.3 Å². The van der Waals surface area contributed by atoms with Crippen molar-refractivity contribution in [3.8, 4) is 23.1 Å². The number of carboxylic acid groups (broad SMARTS) is 2. The number of carboxylic acids is 2. The second-order valence-electron chi connectivity index (χ2n) is 21.2. The van der Waals surface area contributed by atoms with Crippen LogP contribution in [0.2, 0.25) is 0 Å². The Hall–Kier alpha value is -9.27. The number of nitrogens with one attached hydrogen (secondary N) is 4. The number of aliphatic carboxylic acids is 2. The zero-order valence-electron chi connectivity index (χ0n) is 46.6. The van der Waals surface area contributed by atoms with Crippen molar-refractivity contribution in [2.24, 2.45) is 22.1 Å². The Balaban J connectivity index is 0.725. The summed E-state index contributed by atoms with van der Waals surface area (Å²) in [6.45, 7) is 9.53. The van der Waals surface area contributed by atoms with Crippen molar-refractivity contribution in [2.75, 3.05) is 50.9 Å². The summed E-state index contributed by atoms with van der Waals surface area (Å²) in [4.78, 5) is 107. The molecule has 4 atom stereocenters. The van der Waals surface area contributed by atoms with Crippen molar-refractivity contribution >= 4 is 90.3 Å². The molecule has 37 heteroatoms. The summed E-state index contributed by atoms with van der Waals surface area (Å²) >= 11 is 1.81. The lowest BCUT2D eigenvalue weighted by Gasteiger charge is -2.52. The number of hydrogen-bond acceptors (Lipinski definition) is 26. The van der Waals surface area contributed by atoms with Gasteiger partial charge < -0.3 is 62.1 Å². The molecule has 0 aromatic carbocycles. The van der Waals surface area contributed by atoms with Crippen LogP contribution in [-0.2, 0) is 70.5 Å². The summed E-state index contributed by atoms with van der Waals surface area (Å²) in [5.41, 5.74) is 6.71. The zero-order valence-corrected chi connectivity index (χ0v) is 49.0. The van der Waals surface area contributed by atoms with E-state index in [1.165, 1.54) is 50.8 Å². The molecule has 0 aliphatic carbocycles. The van der Waals surface area contributed by atoms with E-state index in [4.69, 9.17) is 39.2 Å². The number of oxime groups is 2. The Morgan fingerprint density at radius 2 is 1.10 bits per heavy atom. The lowest BCUT2D eigenvalue weighted by Crippen LogP contribution is -2.78. The van der Waals surface area contributed by atoms with Gasteiger partial charge in [-0.25, -0.2) is 38.7 Å². The number of carbonyl (C=O) groups is 6. The number of imidazole rings is 2. The summed E-state index contributed by atoms with van der Waals surface area (Å²) in [6, 6.07) is 3.43. The number of anilines is 2. The third-order valence-electron chi connectivity index (χ3n) is 14.1. The first-order chi connectivity index (χ1) is 41.4. The number of amides is 4. The Morgan fingerprint density at radius 1 is 0.701 bits per heavy atom. The molecule has 4 saturated heterocycles. The van der Waals surface area contributed by atoms with Crippen LogP contribution in [-0.4, -0.2) is 180 Å². The number of rotatable bonds is 28. The molecule has 0 saturated carbocycles.